The van der Waals surface area contributed by atoms with Crippen LogP contribution >= 0.6 is 0 Å². The first-order chi connectivity index (χ1) is 12.7. The highest BCUT2D eigenvalue weighted by Gasteiger charge is 2.12. The Bertz CT molecular complexity index is 894. The van der Waals surface area contributed by atoms with E-state index >= 15 is 0 Å². The van der Waals surface area contributed by atoms with E-state index in [1.807, 2.05) is 56.3 Å². The van der Waals surface area contributed by atoms with Gasteiger partial charge >= 0.3 is 0 Å². The second-order valence-electron chi connectivity index (χ2n) is 5.66. The number of benzene rings is 2. The maximum atomic E-state index is 12.5. The molecular weight excluding hydrogens is 328 g/mol. The third-order valence-corrected chi connectivity index (χ3v) is 3.66. The molecule has 132 valence electrons. The quantitative estimate of drug-likeness (QED) is 0.699. The maximum Gasteiger partial charge on any atom is 0.274 e. The van der Waals surface area contributed by atoms with Crippen molar-refractivity contribution in [3.63, 3.8) is 0 Å². The van der Waals surface area contributed by atoms with Gasteiger partial charge in [0.05, 0.1) is 12.3 Å². The zero-order chi connectivity index (χ0) is 18.4. The zero-order valence-electron chi connectivity index (χ0n) is 14.7. The van der Waals surface area contributed by atoms with Crippen LogP contribution in [0.2, 0.25) is 0 Å². The Labute approximate surface area is 152 Å². The van der Waals surface area contributed by atoms with Gasteiger partial charge < -0.3 is 15.4 Å². The van der Waals surface area contributed by atoms with Crippen LogP contribution in [0, 0.1) is 6.92 Å². The second kappa shape index (κ2) is 8.11. The minimum Gasteiger partial charge on any atom is -0.492 e. The molecule has 6 heteroatoms. The number of nitrogens with zero attached hydrogens (tertiary/aromatic N) is 2. The largest absolute Gasteiger partial charge is 0.492 e. The number of nitrogens with one attached hydrogen (secondary N) is 2. The maximum absolute atomic E-state index is 12.5. The van der Waals surface area contributed by atoms with Crippen molar-refractivity contribution in [2.75, 3.05) is 17.2 Å². The Hall–Kier alpha value is -3.41. The molecule has 0 radical (unpaired) electrons. The highest BCUT2D eigenvalue weighted by Crippen LogP contribution is 2.24. The number of aromatic nitrogens is 2. The third-order valence-electron chi connectivity index (χ3n) is 3.66. The lowest BCUT2D eigenvalue weighted by molar-refractivity contribution is 0.102. The molecule has 1 aromatic heterocycles. The van der Waals surface area contributed by atoms with Gasteiger partial charge in [-0.15, -0.1) is 0 Å². The van der Waals surface area contributed by atoms with Crippen LogP contribution in [0.3, 0.4) is 0 Å². The number of amides is 1. The van der Waals surface area contributed by atoms with Gasteiger partial charge in [-0.25, -0.2) is 9.97 Å². The van der Waals surface area contributed by atoms with Crippen LogP contribution in [0.4, 0.5) is 17.2 Å². The van der Waals surface area contributed by atoms with Gasteiger partial charge in [0.15, 0.2) is 0 Å². The molecule has 0 aliphatic rings. The Morgan fingerprint density at radius 2 is 1.85 bits per heavy atom. The molecule has 1 heterocycles. The van der Waals surface area contributed by atoms with Crippen LogP contribution in [-0.2, 0) is 0 Å². The fourth-order valence-electron chi connectivity index (χ4n) is 2.37. The number of ether oxygens (including phenoxy) is 1. The number of rotatable bonds is 6. The molecule has 0 bridgehead atoms. The Morgan fingerprint density at radius 1 is 1.08 bits per heavy atom. The van der Waals surface area contributed by atoms with E-state index in [9.17, 15) is 4.79 Å². The molecule has 0 saturated heterocycles. The van der Waals surface area contributed by atoms with Crippen molar-refractivity contribution in [3.8, 4) is 5.75 Å². The molecule has 0 fully saturated rings. The molecule has 0 atom stereocenters. The molecule has 6 nitrogen and oxygen atoms in total. The van der Waals surface area contributed by atoms with E-state index in [2.05, 4.69) is 20.6 Å². The minimum atomic E-state index is -0.327. The summed E-state index contributed by atoms with van der Waals surface area (Å²) in [4.78, 5) is 20.8. The predicted octanol–water partition coefficient (Wildman–Crippen LogP) is 4.18. The van der Waals surface area contributed by atoms with E-state index in [4.69, 9.17) is 4.74 Å². The summed E-state index contributed by atoms with van der Waals surface area (Å²) in [7, 11) is 0. The van der Waals surface area contributed by atoms with Crippen molar-refractivity contribution >= 4 is 23.1 Å². The van der Waals surface area contributed by atoms with E-state index < -0.39 is 0 Å². The van der Waals surface area contributed by atoms with Gasteiger partial charge in [-0.1, -0.05) is 29.8 Å². The second-order valence-corrected chi connectivity index (χ2v) is 5.66. The van der Waals surface area contributed by atoms with Gasteiger partial charge in [-0.05, 0) is 38.1 Å². The van der Waals surface area contributed by atoms with E-state index in [-0.39, 0.29) is 11.6 Å². The summed E-state index contributed by atoms with van der Waals surface area (Å²) >= 11 is 0. The van der Waals surface area contributed by atoms with Crippen molar-refractivity contribution in [1.29, 1.82) is 0 Å². The summed E-state index contributed by atoms with van der Waals surface area (Å²) in [5.41, 5.74) is 2.93. The highest BCUT2D eigenvalue weighted by molar-refractivity contribution is 6.04. The fraction of sp³-hybridized carbons (Fsp3) is 0.150. The molecule has 1 amide bonds. The summed E-state index contributed by atoms with van der Waals surface area (Å²) in [5.74, 6) is 0.842. The first kappa shape index (κ1) is 17.4. The van der Waals surface area contributed by atoms with Crippen molar-refractivity contribution in [2.24, 2.45) is 0 Å². The van der Waals surface area contributed by atoms with Gasteiger partial charge in [0.1, 0.15) is 23.6 Å². The number of anilines is 3. The summed E-state index contributed by atoms with van der Waals surface area (Å²) in [6.07, 6.45) is 1.36. The molecule has 2 N–H and O–H groups in total. The molecule has 0 aliphatic carbocycles. The normalized spacial score (nSPS) is 10.2. The number of para-hydroxylation sites is 2. The zero-order valence-corrected chi connectivity index (χ0v) is 14.7. The van der Waals surface area contributed by atoms with Crippen molar-refractivity contribution in [2.45, 2.75) is 13.8 Å². The van der Waals surface area contributed by atoms with E-state index in [1.54, 1.807) is 12.1 Å². The molecule has 0 saturated carbocycles. The van der Waals surface area contributed by atoms with Gasteiger partial charge in [0, 0.05) is 11.8 Å². The summed E-state index contributed by atoms with van der Waals surface area (Å²) in [6.45, 7) is 4.44. The van der Waals surface area contributed by atoms with E-state index in [0.29, 0.717) is 23.9 Å². The predicted molar refractivity (Wildman–Crippen MR) is 102 cm³/mol. The fourth-order valence-corrected chi connectivity index (χ4v) is 2.37. The van der Waals surface area contributed by atoms with Crippen LogP contribution in [-0.4, -0.2) is 22.5 Å². The number of carbonyl (C=O) groups is 1. The van der Waals surface area contributed by atoms with Gasteiger partial charge in [0.25, 0.3) is 5.91 Å². The molecule has 2 aromatic carbocycles. The van der Waals surface area contributed by atoms with Crippen molar-refractivity contribution in [3.05, 3.63) is 72.2 Å². The molecule has 0 aliphatic heterocycles. The summed E-state index contributed by atoms with van der Waals surface area (Å²) < 4.78 is 5.53. The van der Waals surface area contributed by atoms with E-state index in [1.165, 1.54) is 11.9 Å². The Balaban J connectivity index is 1.75. The summed E-state index contributed by atoms with van der Waals surface area (Å²) in [5, 5.41) is 5.99. The van der Waals surface area contributed by atoms with Crippen LogP contribution in [0.25, 0.3) is 0 Å². The number of aryl methyl sites for hydroxylation is 1. The monoisotopic (exact) mass is 348 g/mol. The van der Waals surface area contributed by atoms with E-state index in [0.717, 1.165) is 5.69 Å². The Morgan fingerprint density at radius 3 is 2.62 bits per heavy atom. The topological polar surface area (TPSA) is 76.1 Å². The number of hydrogen-bond donors (Lipinski definition) is 2. The standard InChI is InChI=1S/C20H20N4O2/c1-3-26-18-7-5-4-6-16(18)24-20(25)17-12-19(22-13-21-17)23-15-10-8-14(2)9-11-15/h4-13H,3H2,1-2H3,(H,24,25)(H,21,22,23). The van der Waals surface area contributed by atoms with Gasteiger partial charge in [-0.2, -0.15) is 0 Å². The molecular formula is C20H20N4O2. The average Bonchev–Trinajstić information content (AvgIpc) is 2.66. The van der Waals surface area contributed by atoms with Crippen molar-refractivity contribution < 1.29 is 9.53 Å². The lowest BCUT2D eigenvalue weighted by Crippen LogP contribution is -2.15. The lowest BCUT2D eigenvalue weighted by Gasteiger charge is -2.11. The minimum absolute atomic E-state index is 0.265. The van der Waals surface area contributed by atoms with Crippen LogP contribution in [0.5, 0.6) is 5.75 Å². The van der Waals surface area contributed by atoms with Gasteiger partial charge in [0.2, 0.25) is 0 Å². The lowest BCUT2D eigenvalue weighted by atomic mass is 10.2. The number of carbonyl (C=O) groups excluding carboxylic acids is 1. The Kier molecular flexibility index (Phi) is 5.43. The van der Waals surface area contributed by atoms with Crippen LogP contribution in [0.1, 0.15) is 23.0 Å². The van der Waals surface area contributed by atoms with Crippen molar-refractivity contribution in [1.82, 2.24) is 9.97 Å². The molecule has 0 unspecified atom stereocenters. The number of hydrogen-bond acceptors (Lipinski definition) is 5. The molecule has 3 aromatic rings. The molecule has 26 heavy (non-hydrogen) atoms. The summed E-state index contributed by atoms with van der Waals surface area (Å²) in [6, 6.07) is 16.8. The van der Waals surface area contributed by atoms with Crippen LogP contribution in [0.15, 0.2) is 60.9 Å². The highest BCUT2D eigenvalue weighted by atomic mass is 16.5. The third kappa shape index (κ3) is 4.36. The average molecular weight is 348 g/mol. The first-order valence-corrected chi connectivity index (χ1v) is 8.34. The van der Waals surface area contributed by atoms with Crippen LogP contribution < -0.4 is 15.4 Å². The molecule has 3 rings (SSSR count). The van der Waals surface area contributed by atoms with Gasteiger partial charge in [-0.3, -0.25) is 4.79 Å². The molecule has 0 spiro atoms. The first-order valence-electron chi connectivity index (χ1n) is 8.34. The SMILES string of the molecule is CCOc1ccccc1NC(=O)c1cc(Nc2ccc(C)cc2)ncn1. The smallest absolute Gasteiger partial charge is 0.274 e.